The zero-order chi connectivity index (χ0) is 11.3. The highest BCUT2D eigenvalue weighted by Crippen LogP contribution is 2.31. The van der Waals surface area contributed by atoms with Gasteiger partial charge in [-0.15, -0.1) is 0 Å². The van der Waals surface area contributed by atoms with Crippen LogP contribution in [0.5, 0.6) is 0 Å². The SMILES string of the molecule is NC(=O)C1NC(=O)c2cccc3[nH]cc1c23. The summed E-state index contributed by atoms with van der Waals surface area (Å²) in [6.45, 7) is 0. The molecule has 3 rings (SSSR count). The molecule has 1 unspecified atom stereocenters. The Kier molecular flexibility index (Phi) is 1.60. The summed E-state index contributed by atoms with van der Waals surface area (Å²) >= 11 is 0. The Hall–Kier alpha value is -2.30. The number of nitrogens with two attached hydrogens (primary N) is 1. The zero-order valence-electron chi connectivity index (χ0n) is 8.28. The Bertz CT molecular complexity index is 615. The molecule has 16 heavy (non-hydrogen) atoms. The molecule has 1 atom stereocenters. The smallest absolute Gasteiger partial charge is 0.252 e. The molecule has 1 aliphatic heterocycles. The highest BCUT2D eigenvalue weighted by Gasteiger charge is 2.30. The summed E-state index contributed by atoms with van der Waals surface area (Å²) in [5.41, 5.74) is 7.40. The Balaban J connectivity index is 2.38. The van der Waals surface area contributed by atoms with Gasteiger partial charge in [-0.05, 0) is 12.1 Å². The number of hydrogen-bond acceptors (Lipinski definition) is 2. The lowest BCUT2D eigenvalue weighted by Crippen LogP contribution is -2.39. The van der Waals surface area contributed by atoms with E-state index in [9.17, 15) is 9.59 Å². The molecule has 4 N–H and O–H groups in total. The van der Waals surface area contributed by atoms with E-state index in [1.807, 2.05) is 6.07 Å². The topological polar surface area (TPSA) is 88.0 Å². The van der Waals surface area contributed by atoms with E-state index in [1.54, 1.807) is 18.3 Å². The first-order chi connectivity index (χ1) is 7.68. The maximum Gasteiger partial charge on any atom is 0.252 e. The van der Waals surface area contributed by atoms with E-state index in [1.165, 1.54) is 0 Å². The Morgan fingerprint density at radius 3 is 2.94 bits per heavy atom. The summed E-state index contributed by atoms with van der Waals surface area (Å²) in [7, 11) is 0. The van der Waals surface area contributed by atoms with Crippen LogP contribution >= 0.6 is 0 Å². The lowest BCUT2D eigenvalue weighted by Gasteiger charge is -2.20. The molecule has 80 valence electrons. The summed E-state index contributed by atoms with van der Waals surface area (Å²) in [6.07, 6.45) is 1.71. The third kappa shape index (κ3) is 0.995. The van der Waals surface area contributed by atoms with Gasteiger partial charge in [-0.1, -0.05) is 6.07 Å². The minimum atomic E-state index is -0.740. The molecule has 0 bridgehead atoms. The predicted molar refractivity (Wildman–Crippen MR) is 57.7 cm³/mol. The number of H-pyrrole nitrogens is 1. The number of primary amides is 1. The summed E-state index contributed by atoms with van der Waals surface area (Å²) in [5.74, 6) is -0.815. The summed E-state index contributed by atoms with van der Waals surface area (Å²) in [5, 5.41) is 3.37. The molecule has 0 radical (unpaired) electrons. The van der Waals surface area contributed by atoms with Gasteiger partial charge in [0.1, 0.15) is 6.04 Å². The van der Waals surface area contributed by atoms with E-state index < -0.39 is 11.9 Å². The third-order valence-corrected chi connectivity index (χ3v) is 2.85. The molecule has 2 heterocycles. The van der Waals surface area contributed by atoms with Crippen molar-refractivity contribution in [2.24, 2.45) is 5.73 Å². The van der Waals surface area contributed by atoms with E-state index in [0.29, 0.717) is 5.56 Å². The van der Waals surface area contributed by atoms with E-state index in [4.69, 9.17) is 5.73 Å². The lowest BCUT2D eigenvalue weighted by atomic mass is 9.96. The molecule has 2 amide bonds. The van der Waals surface area contributed by atoms with Gasteiger partial charge >= 0.3 is 0 Å². The van der Waals surface area contributed by atoms with Crippen LogP contribution in [0.15, 0.2) is 24.4 Å². The zero-order valence-corrected chi connectivity index (χ0v) is 8.28. The van der Waals surface area contributed by atoms with E-state index in [2.05, 4.69) is 10.3 Å². The van der Waals surface area contributed by atoms with E-state index >= 15 is 0 Å². The van der Waals surface area contributed by atoms with Crippen molar-refractivity contribution in [3.63, 3.8) is 0 Å². The molecule has 0 saturated carbocycles. The lowest BCUT2D eigenvalue weighted by molar-refractivity contribution is -0.120. The monoisotopic (exact) mass is 215 g/mol. The molecule has 1 aromatic carbocycles. The van der Waals surface area contributed by atoms with Gasteiger partial charge in [-0.25, -0.2) is 0 Å². The summed E-state index contributed by atoms with van der Waals surface area (Å²) in [6, 6.07) is 4.64. The van der Waals surface area contributed by atoms with Crippen molar-refractivity contribution < 1.29 is 9.59 Å². The number of carbonyl (C=O) groups excluding carboxylic acids is 2. The minimum Gasteiger partial charge on any atom is -0.368 e. The standard InChI is InChI=1S/C11H9N3O2/c12-10(15)9-6-4-13-7-3-1-2-5(8(6)7)11(16)14-9/h1-4,9,13H,(H2,12,15)(H,14,16). The first kappa shape index (κ1) is 8.96. The van der Waals surface area contributed by atoms with Crippen molar-refractivity contribution in [1.82, 2.24) is 10.3 Å². The van der Waals surface area contributed by atoms with Gasteiger partial charge in [-0.2, -0.15) is 0 Å². The summed E-state index contributed by atoms with van der Waals surface area (Å²) < 4.78 is 0. The van der Waals surface area contributed by atoms with Crippen LogP contribution in [0.1, 0.15) is 22.0 Å². The van der Waals surface area contributed by atoms with Gasteiger partial charge in [0.2, 0.25) is 5.91 Å². The van der Waals surface area contributed by atoms with E-state index in [0.717, 1.165) is 16.5 Å². The Morgan fingerprint density at radius 1 is 1.38 bits per heavy atom. The van der Waals surface area contributed by atoms with Gasteiger partial charge in [0, 0.05) is 28.2 Å². The number of rotatable bonds is 1. The minimum absolute atomic E-state index is 0.262. The fraction of sp³-hybridized carbons (Fsp3) is 0.0909. The number of carbonyl (C=O) groups is 2. The number of amides is 2. The molecular weight excluding hydrogens is 206 g/mol. The molecular formula is C11H9N3O2. The second-order valence-electron chi connectivity index (χ2n) is 3.78. The van der Waals surface area contributed by atoms with Gasteiger partial charge in [0.25, 0.3) is 5.91 Å². The molecule has 1 aromatic heterocycles. The van der Waals surface area contributed by atoms with Crippen LogP contribution in [-0.2, 0) is 4.79 Å². The molecule has 0 aliphatic carbocycles. The fourth-order valence-electron chi connectivity index (χ4n) is 2.14. The first-order valence-electron chi connectivity index (χ1n) is 4.88. The van der Waals surface area contributed by atoms with Crippen molar-refractivity contribution in [3.05, 3.63) is 35.5 Å². The molecule has 5 heteroatoms. The number of hydrogen-bond donors (Lipinski definition) is 3. The second-order valence-corrected chi connectivity index (χ2v) is 3.78. The Labute approximate surface area is 90.6 Å². The van der Waals surface area contributed by atoms with Crippen molar-refractivity contribution in [1.29, 1.82) is 0 Å². The Morgan fingerprint density at radius 2 is 2.19 bits per heavy atom. The highest BCUT2D eigenvalue weighted by atomic mass is 16.2. The number of aromatic nitrogens is 1. The van der Waals surface area contributed by atoms with Crippen molar-refractivity contribution in [2.75, 3.05) is 0 Å². The average molecular weight is 215 g/mol. The number of aromatic amines is 1. The van der Waals surface area contributed by atoms with Crippen LogP contribution in [0.25, 0.3) is 10.9 Å². The van der Waals surface area contributed by atoms with Crippen molar-refractivity contribution in [2.45, 2.75) is 6.04 Å². The van der Waals surface area contributed by atoms with Crippen molar-refractivity contribution >= 4 is 22.7 Å². The van der Waals surface area contributed by atoms with E-state index in [-0.39, 0.29) is 5.91 Å². The van der Waals surface area contributed by atoms with Crippen LogP contribution in [0, 0.1) is 0 Å². The number of nitrogens with one attached hydrogen (secondary N) is 2. The molecule has 1 aliphatic rings. The summed E-state index contributed by atoms with van der Waals surface area (Å²) in [4.78, 5) is 26.0. The van der Waals surface area contributed by atoms with Crippen LogP contribution in [-0.4, -0.2) is 16.8 Å². The molecule has 0 spiro atoms. The van der Waals surface area contributed by atoms with Crippen LogP contribution < -0.4 is 11.1 Å². The fourth-order valence-corrected chi connectivity index (χ4v) is 2.14. The van der Waals surface area contributed by atoms with Crippen LogP contribution in [0.4, 0.5) is 0 Å². The average Bonchev–Trinajstić information content (AvgIpc) is 2.68. The third-order valence-electron chi connectivity index (χ3n) is 2.85. The largest absolute Gasteiger partial charge is 0.368 e. The predicted octanol–water partition coefficient (Wildman–Crippen LogP) is 0.438. The van der Waals surface area contributed by atoms with Crippen LogP contribution in [0.3, 0.4) is 0 Å². The van der Waals surface area contributed by atoms with Gasteiger partial charge < -0.3 is 16.0 Å². The normalized spacial score (nSPS) is 18.5. The van der Waals surface area contributed by atoms with Crippen LogP contribution in [0.2, 0.25) is 0 Å². The molecule has 5 nitrogen and oxygen atoms in total. The van der Waals surface area contributed by atoms with Gasteiger partial charge in [-0.3, -0.25) is 9.59 Å². The molecule has 0 saturated heterocycles. The quantitative estimate of drug-likeness (QED) is 0.644. The second kappa shape index (κ2) is 2.85. The molecule has 2 aromatic rings. The van der Waals surface area contributed by atoms with Gasteiger partial charge in [0.15, 0.2) is 0 Å². The van der Waals surface area contributed by atoms with Crippen molar-refractivity contribution in [3.8, 4) is 0 Å². The first-order valence-corrected chi connectivity index (χ1v) is 4.88. The molecule has 0 fully saturated rings. The highest BCUT2D eigenvalue weighted by molar-refractivity contribution is 6.12. The maximum absolute atomic E-state index is 11.8. The number of benzene rings is 1. The van der Waals surface area contributed by atoms with Gasteiger partial charge in [0.05, 0.1) is 0 Å². The maximum atomic E-state index is 11.8.